The molecule has 0 aliphatic carbocycles. The highest BCUT2D eigenvalue weighted by Gasteiger charge is 2.14. The third-order valence-electron chi connectivity index (χ3n) is 2.51. The quantitative estimate of drug-likeness (QED) is 0.640. The highest BCUT2D eigenvalue weighted by molar-refractivity contribution is 14.1. The predicted octanol–water partition coefficient (Wildman–Crippen LogP) is 1.47. The molecule has 2 rings (SSSR count). The number of ketones is 1. The molecule has 0 aliphatic heterocycles. The first kappa shape index (κ1) is 13.7. The van der Waals surface area contributed by atoms with E-state index in [-0.39, 0.29) is 11.3 Å². The summed E-state index contributed by atoms with van der Waals surface area (Å²) in [6.07, 6.45) is 1.08. The zero-order chi connectivity index (χ0) is 14.2. The molecule has 1 aromatic heterocycles. The minimum Gasteiger partial charge on any atom is -0.313 e. The monoisotopic (exact) mass is 374 g/mol. The van der Waals surface area contributed by atoms with Gasteiger partial charge in [0.15, 0.2) is 5.78 Å². The maximum absolute atomic E-state index is 13.0. The van der Waals surface area contributed by atoms with Gasteiger partial charge >= 0.3 is 5.69 Å². The molecule has 2 aromatic rings. The van der Waals surface area contributed by atoms with Crippen LogP contribution in [-0.4, -0.2) is 15.3 Å². The van der Waals surface area contributed by atoms with E-state index >= 15 is 0 Å². The molecule has 7 heteroatoms. The van der Waals surface area contributed by atoms with Crippen molar-refractivity contribution in [1.29, 1.82) is 0 Å². The molecule has 0 amide bonds. The van der Waals surface area contributed by atoms with Gasteiger partial charge in [0, 0.05) is 9.77 Å². The maximum atomic E-state index is 13.0. The summed E-state index contributed by atoms with van der Waals surface area (Å²) < 4.78 is 14.3. The van der Waals surface area contributed by atoms with Gasteiger partial charge in [-0.15, -0.1) is 0 Å². The van der Waals surface area contributed by atoms with Crippen molar-refractivity contribution < 1.29 is 9.18 Å². The van der Waals surface area contributed by atoms with Crippen LogP contribution >= 0.6 is 22.6 Å². The fraction of sp³-hybridized carbons (Fsp3) is 0.0833. The van der Waals surface area contributed by atoms with Gasteiger partial charge in [0.2, 0.25) is 0 Å². The minimum atomic E-state index is -0.722. The molecule has 19 heavy (non-hydrogen) atoms. The van der Waals surface area contributed by atoms with E-state index in [2.05, 4.69) is 4.98 Å². The number of hydrogen-bond acceptors (Lipinski definition) is 3. The third-order valence-corrected chi connectivity index (χ3v) is 3.37. The Morgan fingerprint density at radius 1 is 1.37 bits per heavy atom. The Morgan fingerprint density at radius 2 is 2.05 bits per heavy atom. The van der Waals surface area contributed by atoms with Crippen LogP contribution in [0.4, 0.5) is 4.39 Å². The summed E-state index contributed by atoms with van der Waals surface area (Å²) in [6.45, 7) is 1.23. The molecule has 1 aromatic carbocycles. The van der Waals surface area contributed by atoms with E-state index in [0.29, 0.717) is 3.57 Å². The zero-order valence-corrected chi connectivity index (χ0v) is 11.9. The third kappa shape index (κ3) is 2.50. The predicted molar refractivity (Wildman–Crippen MR) is 75.3 cm³/mol. The second kappa shape index (κ2) is 5.08. The van der Waals surface area contributed by atoms with E-state index in [1.165, 1.54) is 19.1 Å². The Labute approximate surface area is 120 Å². The van der Waals surface area contributed by atoms with E-state index in [0.717, 1.165) is 16.8 Å². The number of benzene rings is 1. The van der Waals surface area contributed by atoms with Gasteiger partial charge in [-0.2, -0.15) is 0 Å². The number of nitrogens with one attached hydrogen (secondary N) is 1. The maximum Gasteiger partial charge on any atom is 0.333 e. The van der Waals surface area contributed by atoms with Crippen molar-refractivity contribution in [3.05, 3.63) is 60.2 Å². The van der Waals surface area contributed by atoms with Gasteiger partial charge in [-0.3, -0.25) is 9.59 Å². The molecule has 0 spiro atoms. The largest absolute Gasteiger partial charge is 0.333 e. The summed E-state index contributed by atoms with van der Waals surface area (Å²) in [6, 6.07) is 3.66. The number of Topliss-reactive ketones (excluding diaryl/α,β-unsaturated/α-hetero) is 1. The van der Waals surface area contributed by atoms with Crippen molar-refractivity contribution >= 4 is 28.4 Å². The van der Waals surface area contributed by atoms with Gasteiger partial charge < -0.3 is 4.98 Å². The molecule has 0 saturated carbocycles. The van der Waals surface area contributed by atoms with Gasteiger partial charge in [-0.05, 0) is 47.7 Å². The van der Waals surface area contributed by atoms with Crippen molar-refractivity contribution in [1.82, 2.24) is 9.55 Å². The fourth-order valence-corrected chi connectivity index (χ4v) is 2.33. The van der Waals surface area contributed by atoms with Gasteiger partial charge in [0.25, 0.3) is 5.56 Å². The van der Waals surface area contributed by atoms with Gasteiger partial charge in [0.05, 0.1) is 11.3 Å². The van der Waals surface area contributed by atoms with Crippen molar-refractivity contribution in [2.75, 3.05) is 0 Å². The first-order chi connectivity index (χ1) is 8.91. The number of rotatable bonds is 2. The Morgan fingerprint density at radius 3 is 2.63 bits per heavy atom. The molecule has 1 heterocycles. The number of hydrogen-bond donors (Lipinski definition) is 1. The summed E-state index contributed by atoms with van der Waals surface area (Å²) in [7, 11) is 0. The Balaban J connectivity index is 2.82. The lowest BCUT2D eigenvalue weighted by atomic mass is 10.2. The summed E-state index contributed by atoms with van der Waals surface area (Å²) in [5.41, 5.74) is -1.30. The molecule has 0 saturated heterocycles. The van der Waals surface area contributed by atoms with Crippen molar-refractivity contribution in [2.45, 2.75) is 6.92 Å². The highest BCUT2D eigenvalue weighted by atomic mass is 127. The average molecular weight is 374 g/mol. The van der Waals surface area contributed by atoms with E-state index < -0.39 is 22.8 Å². The van der Waals surface area contributed by atoms with Crippen LogP contribution < -0.4 is 11.2 Å². The molecule has 0 fully saturated rings. The molecule has 0 radical (unpaired) electrons. The summed E-state index contributed by atoms with van der Waals surface area (Å²) in [5.74, 6) is -0.924. The average Bonchev–Trinajstić information content (AvgIpc) is 2.31. The number of aromatic nitrogens is 2. The second-order valence-corrected chi connectivity index (χ2v) is 4.96. The lowest BCUT2D eigenvalue weighted by Gasteiger charge is -2.07. The Bertz CT molecular complexity index is 779. The van der Waals surface area contributed by atoms with Crippen molar-refractivity contribution in [3.8, 4) is 5.69 Å². The number of carbonyl (C=O) groups excluding carboxylic acids is 1. The summed E-state index contributed by atoms with van der Waals surface area (Å²) >= 11 is 1.81. The van der Waals surface area contributed by atoms with Gasteiger partial charge in [0.1, 0.15) is 5.82 Å². The van der Waals surface area contributed by atoms with Crippen LogP contribution in [0.2, 0.25) is 0 Å². The van der Waals surface area contributed by atoms with Crippen LogP contribution in [0.15, 0.2) is 34.0 Å². The van der Waals surface area contributed by atoms with Crippen LogP contribution in [-0.2, 0) is 0 Å². The van der Waals surface area contributed by atoms with Crippen molar-refractivity contribution in [3.63, 3.8) is 0 Å². The second-order valence-electron chi connectivity index (χ2n) is 3.80. The van der Waals surface area contributed by atoms with E-state index in [9.17, 15) is 18.8 Å². The number of carbonyl (C=O) groups is 1. The molecular weight excluding hydrogens is 366 g/mol. The summed E-state index contributed by atoms with van der Waals surface area (Å²) in [5, 5.41) is 0. The van der Waals surface area contributed by atoms with Crippen LogP contribution in [0.1, 0.15) is 17.3 Å². The van der Waals surface area contributed by atoms with E-state index in [1.807, 2.05) is 22.6 Å². The molecule has 0 unspecified atom stereocenters. The smallest absolute Gasteiger partial charge is 0.313 e. The van der Waals surface area contributed by atoms with Crippen LogP contribution in [0.25, 0.3) is 5.69 Å². The number of nitrogens with zero attached hydrogens (tertiary/aromatic N) is 1. The molecule has 0 aliphatic rings. The van der Waals surface area contributed by atoms with Crippen LogP contribution in [0.3, 0.4) is 0 Å². The van der Waals surface area contributed by atoms with Crippen LogP contribution in [0.5, 0.6) is 0 Å². The first-order valence-electron chi connectivity index (χ1n) is 5.23. The Hall–Kier alpha value is -1.77. The Kier molecular flexibility index (Phi) is 3.65. The SMILES string of the molecule is CC(=O)c1c[nH]c(=O)n(-c2ccc(F)cc2I)c1=O. The highest BCUT2D eigenvalue weighted by Crippen LogP contribution is 2.15. The fourth-order valence-electron chi connectivity index (χ4n) is 1.61. The standard InChI is InChI=1S/C12H8FIN2O3/c1-6(17)8-5-15-12(19)16(11(8)18)10-3-2-7(13)4-9(10)14/h2-5H,1H3,(H,15,19). The zero-order valence-electron chi connectivity index (χ0n) is 9.74. The lowest BCUT2D eigenvalue weighted by Crippen LogP contribution is -2.36. The summed E-state index contributed by atoms with van der Waals surface area (Å²) in [4.78, 5) is 37.5. The molecule has 0 bridgehead atoms. The topological polar surface area (TPSA) is 71.9 Å². The molecule has 98 valence electrons. The number of H-pyrrole nitrogens is 1. The van der Waals surface area contributed by atoms with Crippen molar-refractivity contribution in [2.24, 2.45) is 0 Å². The number of aromatic amines is 1. The molecule has 1 N–H and O–H groups in total. The normalized spacial score (nSPS) is 10.5. The number of halogens is 2. The van der Waals surface area contributed by atoms with Crippen LogP contribution in [0, 0.1) is 9.39 Å². The first-order valence-corrected chi connectivity index (χ1v) is 6.31. The van der Waals surface area contributed by atoms with E-state index in [4.69, 9.17) is 0 Å². The minimum absolute atomic E-state index is 0.125. The molecule has 5 nitrogen and oxygen atoms in total. The van der Waals surface area contributed by atoms with Gasteiger partial charge in [-0.25, -0.2) is 13.8 Å². The molecular formula is C12H8FIN2O3. The molecule has 0 atom stereocenters. The van der Waals surface area contributed by atoms with E-state index in [1.54, 1.807) is 0 Å². The lowest BCUT2D eigenvalue weighted by molar-refractivity contribution is 0.101. The van der Waals surface area contributed by atoms with Gasteiger partial charge in [-0.1, -0.05) is 0 Å².